The Morgan fingerprint density at radius 2 is 1.81 bits per heavy atom. The highest BCUT2D eigenvalue weighted by atomic mass is 16.5. The van der Waals surface area contributed by atoms with Gasteiger partial charge in [-0.3, -0.25) is 4.79 Å². The zero-order valence-corrected chi connectivity index (χ0v) is 12.2. The van der Waals surface area contributed by atoms with Crippen LogP contribution in [0.4, 0.5) is 0 Å². The number of ether oxygens (including phenoxy) is 1. The fourth-order valence-electron chi connectivity index (χ4n) is 2.68. The molecule has 0 bridgehead atoms. The van der Waals surface area contributed by atoms with E-state index in [1.165, 1.54) is 25.7 Å². The molecule has 0 heterocycles. The van der Waals surface area contributed by atoms with Crippen molar-refractivity contribution < 1.29 is 9.53 Å². The summed E-state index contributed by atoms with van der Waals surface area (Å²) in [5, 5.41) is 11.9. The third-order valence-electron chi connectivity index (χ3n) is 4.23. The summed E-state index contributed by atoms with van der Waals surface area (Å²) < 4.78 is 5.66. The molecule has 1 atom stereocenters. The number of carbonyl (C=O) groups is 1. The van der Waals surface area contributed by atoms with E-state index in [0.717, 1.165) is 0 Å². The molecule has 0 aliphatic heterocycles. The standard InChI is InChI=1S/C17H20N2O2/c1-11(21-15-8-2-12(10-18)3-9-15)17(20)19-16(13-4-5-13)14-6-7-14/h2-3,8-9,11,13-14,16H,4-7H2,1H3,(H,19,20)/t11-/m0/s1. The zero-order chi connectivity index (χ0) is 14.8. The molecule has 1 amide bonds. The third-order valence-corrected chi connectivity index (χ3v) is 4.23. The molecule has 4 heteroatoms. The molecule has 3 rings (SSSR count). The van der Waals surface area contributed by atoms with E-state index in [4.69, 9.17) is 10.00 Å². The number of benzene rings is 1. The normalized spacial score (nSPS) is 18.9. The van der Waals surface area contributed by atoms with E-state index >= 15 is 0 Å². The molecule has 110 valence electrons. The smallest absolute Gasteiger partial charge is 0.261 e. The fraction of sp³-hybridized carbons (Fsp3) is 0.529. The predicted molar refractivity (Wildman–Crippen MR) is 78.6 cm³/mol. The Hall–Kier alpha value is -2.02. The summed E-state index contributed by atoms with van der Waals surface area (Å²) >= 11 is 0. The van der Waals surface area contributed by atoms with Crippen molar-refractivity contribution in [1.29, 1.82) is 5.26 Å². The SMILES string of the molecule is C[C@H](Oc1ccc(C#N)cc1)C(=O)NC(C1CC1)C1CC1. The van der Waals surface area contributed by atoms with Gasteiger partial charge >= 0.3 is 0 Å². The number of hydrogen-bond acceptors (Lipinski definition) is 3. The van der Waals surface area contributed by atoms with E-state index in [-0.39, 0.29) is 5.91 Å². The van der Waals surface area contributed by atoms with Gasteiger partial charge in [-0.2, -0.15) is 5.26 Å². The van der Waals surface area contributed by atoms with Crippen LogP contribution in [0.3, 0.4) is 0 Å². The van der Waals surface area contributed by atoms with E-state index in [2.05, 4.69) is 11.4 Å². The number of nitrogens with one attached hydrogen (secondary N) is 1. The molecule has 0 unspecified atom stereocenters. The molecule has 21 heavy (non-hydrogen) atoms. The number of rotatable bonds is 6. The van der Waals surface area contributed by atoms with E-state index in [1.807, 2.05) is 0 Å². The first-order chi connectivity index (χ1) is 10.2. The van der Waals surface area contributed by atoms with Crippen molar-refractivity contribution in [3.8, 4) is 11.8 Å². The molecule has 2 fully saturated rings. The molecule has 1 N–H and O–H groups in total. The van der Waals surface area contributed by atoms with Crippen molar-refractivity contribution >= 4 is 5.91 Å². The highest BCUT2D eigenvalue weighted by Gasteiger charge is 2.42. The summed E-state index contributed by atoms with van der Waals surface area (Å²) in [5.74, 6) is 1.95. The molecule has 2 saturated carbocycles. The van der Waals surface area contributed by atoms with Crippen LogP contribution in [0, 0.1) is 23.2 Å². The Balaban J connectivity index is 1.54. The second-order valence-electron chi connectivity index (χ2n) is 6.11. The van der Waals surface area contributed by atoms with Crippen molar-refractivity contribution in [3.63, 3.8) is 0 Å². The Kier molecular flexibility index (Phi) is 3.83. The highest BCUT2D eigenvalue weighted by Crippen LogP contribution is 2.44. The lowest BCUT2D eigenvalue weighted by molar-refractivity contribution is -0.128. The largest absolute Gasteiger partial charge is 0.481 e. The maximum atomic E-state index is 12.3. The Bertz CT molecular complexity index is 541. The molecule has 2 aliphatic rings. The molecule has 0 saturated heterocycles. The van der Waals surface area contributed by atoms with E-state index in [9.17, 15) is 4.79 Å². The van der Waals surface area contributed by atoms with Gasteiger partial charge in [0.25, 0.3) is 5.91 Å². The molecule has 4 nitrogen and oxygen atoms in total. The van der Waals surface area contributed by atoms with Gasteiger partial charge in [0.2, 0.25) is 0 Å². The second-order valence-corrected chi connectivity index (χ2v) is 6.11. The van der Waals surface area contributed by atoms with Gasteiger partial charge in [-0.25, -0.2) is 0 Å². The molecule has 1 aromatic carbocycles. The molecule has 0 radical (unpaired) electrons. The maximum Gasteiger partial charge on any atom is 0.261 e. The summed E-state index contributed by atoms with van der Waals surface area (Å²) in [6.45, 7) is 1.77. The Morgan fingerprint density at radius 3 is 2.29 bits per heavy atom. The van der Waals surface area contributed by atoms with Crippen LogP contribution in [-0.4, -0.2) is 18.1 Å². The summed E-state index contributed by atoms with van der Waals surface area (Å²) in [7, 11) is 0. The summed E-state index contributed by atoms with van der Waals surface area (Å²) in [6.07, 6.45) is 4.45. The van der Waals surface area contributed by atoms with Crippen molar-refractivity contribution in [2.75, 3.05) is 0 Å². The first kappa shape index (κ1) is 13.9. The van der Waals surface area contributed by atoms with Gasteiger partial charge < -0.3 is 10.1 Å². The Morgan fingerprint density at radius 1 is 1.24 bits per heavy atom. The topological polar surface area (TPSA) is 62.1 Å². The van der Waals surface area contributed by atoms with Gasteiger partial charge in [0.1, 0.15) is 5.75 Å². The van der Waals surface area contributed by atoms with Gasteiger partial charge in [0.05, 0.1) is 11.6 Å². The van der Waals surface area contributed by atoms with Crippen LogP contribution in [0.15, 0.2) is 24.3 Å². The minimum Gasteiger partial charge on any atom is -0.481 e. The number of nitriles is 1. The maximum absolute atomic E-state index is 12.3. The zero-order valence-electron chi connectivity index (χ0n) is 12.2. The van der Waals surface area contributed by atoms with Crippen molar-refractivity contribution in [2.24, 2.45) is 11.8 Å². The van der Waals surface area contributed by atoms with E-state index in [0.29, 0.717) is 29.2 Å². The lowest BCUT2D eigenvalue weighted by atomic mass is 10.1. The average Bonchev–Trinajstić information content (AvgIpc) is 3.38. The van der Waals surface area contributed by atoms with E-state index < -0.39 is 6.10 Å². The van der Waals surface area contributed by atoms with Crippen molar-refractivity contribution in [2.45, 2.75) is 44.8 Å². The van der Waals surface area contributed by atoms with Gasteiger partial charge in [0, 0.05) is 6.04 Å². The molecular formula is C17H20N2O2. The lowest BCUT2D eigenvalue weighted by Gasteiger charge is -2.21. The highest BCUT2D eigenvalue weighted by molar-refractivity contribution is 5.81. The number of hydrogen-bond donors (Lipinski definition) is 1. The summed E-state index contributed by atoms with van der Waals surface area (Å²) in [4.78, 5) is 12.3. The molecule has 1 aromatic rings. The van der Waals surface area contributed by atoms with Crippen LogP contribution < -0.4 is 10.1 Å². The van der Waals surface area contributed by atoms with Crippen LogP contribution in [0.2, 0.25) is 0 Å². The van der Waals surface area contributed by atoms with E-state index in [1.54, 1.807) is 31.2 Å². The second kappa shape index (κ2) is 5.77. The molecule has 0 spiro atoms. The summed E-state index contributed by atoms with van der Waals surface area (Å²) in [6, 6.07) is 9.24. The quantitative estimate of drug-likeness (QED) is 0.873. The monoisotopic (exact) mass is 284 g/mol. The summed E-state index contributed by atoms with van der Waals surface area (Å²) in [5.41, 5.74) is 0.585. The van der Waals surface area contributed by atoms with Gasteiger partial charge in [0.15, 0.2) is 6.10 Å². The number of nitrogens with zero attached hydrogens (tertiary/aromatic N) is 1. The average molecular weight is 284 g/mol. The first-order valence-corrected chi connectivity index (χ1v) is 7.64. The van der Waals surface area contributed by atoms with Crippen LogP contribution in [-0.2, 0) is 4.79 Å². The number of amides is 1. The van der Waals surface area contributed by atoms with Crippen molar-refractivity contribution in [1.82, 2.24) is 5.32 Å². The fourth-order valence-corrected chi connectivity index (χ4v) is 2.68. The number of carbonyl (C=O) groups excluding carboxylic acids is 1. The molecular weight excluding hydrogens is 264 g/mol. The van der Waals surface area contributed by atoms with Gasteiger partial charge in [-0.1, -0.05) is 0 Å². The van der Waals surface area contributed by atoms with Crippen LogP contribution in [0.25, 0.3) is 0 Å². The molecule has 0 aromatic heterocycles. The third kappa shape index (κ3) is 3.55. The lowest BCUT2D eigenvalue weighted by Crippen LogP contribution is -2.44. The van der Waals surface area contributed by atoms with Crippen LogP contribution in [0.1, 0.15) is 38.2 Å². The minimum absolute atomic E-state index is 0.0387. The minimum atomic E-state index is -0.516. The van der Waals surface area contributed by atoms with Gasteiger partial charge in [-0.05, 0) is 68.7 Å². The van der Waals surface area contributed by atoms with Crippen molar-refractivity contribution in [3.05, 3.63) is 29.8 Å². The van der Waals surface area contributed by atoms with Crippen LogP contribution >= 0.6 is 0 Å². The van der Waals surface area contributed by atoms with Crippen LogP contribution in [0.5, 0.6) is 5.75 Å². The Labute approximate surface area is 125 Å². The first-order valence-electron chi connectivity index (χ1n) is 7.64. The molecule has 2 aliphatic carbocycles. The predicted octanol–water partition coefficient (Wildman–Crippen LogP) is 2.63. The van der Waals surface area contributed by atoms with Gasteiger partial charge in [-0.15, -0.1) is 0 Å².